The van der Waals surface area contributed by atoms with Crippen LogP contribution in [-0.2, 0) is 23.6 Å². The zero-order chi connectivity index (χ0) is 31.4. The van der Waals surface area contributed by atoms with Crippen molar-refractivity contribution in [3.05, 3.63) is 82.8 Å². The molecule has 0 bridgehead atoms. The molecule has 0 spiro atoms. The monoisotopic (exact) mass is 620 g/mol. The van der Waals surface area contributed by atoms with Crippen molar-refractivity contribution in [1.82, 2.24) is 34.6 Å². The molecule has 3 aromatic heterocycles. The molecular formula is C34H33FN8O3. The number of piperidine rings is 1. The van der Waals surface area contributed by atoms with Crippen molar-refractivity contribution in [2.75, 3.05) is 19.7 Å². The predicted octanol–water partition coefficient (Wildman–Crippen LogP) is 5.35. The summed E-state index contributed by atoms with van der Waals surface area (Å²) in [5, 5.41) is 16.3. The molecule has 234 valence electrons. The van der Waals surface area contributed by atoms with Crippen molar-refractivity contribution in [3.63, 3.8) is 0 Å². The van der Waals surface area contributed by atoms with Crippen LogP contribution in [0.1, 0.15) is 60.4 Å². The molecule has 11 nitrogen and oxygen atoms in total. The van der Waals surface area contributed by atoms with Gasteiger partial charge in [-0.15, -0.1) is 0 Å². The van der Waals surface area contributed by atoms with Gasteiger partial charge in [-0.3, -0.25) is 15.0 Å². The van der Waals surface area contributed by atoms with Crippen molar-refractivity contribution < 1.29 is 18.6 Å². The van der Waals surface area contributed by atoms with Gasteiger partial charge in [0.05, 0.1) is 53.6 Å². The number of fused-ring (bicyclic) bond motifs is 2. The number of H-pyrrole nitrogens is 1. The number of hydrogen-bond acceptors (Lipinski definition) is 9. The molecule has 3 aliphatic heterocycles. The molecule has 0 aliphatic carbocycles. The van der Waals surface area contributed by atoms with E-state index in [0.29, 0.717) is 29.6 Å². The Hall–Kier alpha value is -4.86. The van der Waals surface area contributed by atoms with E-state index in [2.05, 4.69) is 35.7 Å². The molecule has 2 atom stereocenters. The fraction of sp³-hybridized carbons (Fsp3) is 0.382. The zero-order valence-electron chi connectivity index (χ0n) is 25.7. The summed E-state index contributed by atoms with van der Waals surface area (Å²) in [6, 6.07) is 14.2. The first-order valence-electron chi connectivity index (χ1n) is 15.7. The third-order valence-corrected chi connectivity index (χ3v) is 9.31. The van der Waals surface area contributed by atoms with Gasteiger partial charge in [0.1, 0.15) is 23.2 Å². The smallest absolute Gasteiger partial charge is 0.278 e. The standard InChI is InChI=1S/C34H33FN8O3/c1-20-38-33(41-40-20)28-15-27-29(17-37-28)43(18-23-10-13-44-23)31(39-27)19-42-11-8-22(9-12-42)24-4-3-5-30-32(24)46-34(2,45-30)25-7-6-21(16-36)14-26(25)35/h3-7,14-15,17,22-23H,8-13,18-19H2,1-2H3,(H,38,40,41). The summed E-state index contributed by atoms with van der Waals surface area (Å²) < 4.78 is 35.6. The van der Waals surface area contributed by atoms with E-state index < -0.39 is 11.6 Å². The van der Waals surface area contributed by atoms with Crippen LogP contribution in [0.3, 0.4) is 0 Å². The third-order valence-electron chi connectivity index (χ3n) is 9.31. The lowest BCUT2D eigenvalue weighted by Gasteiger charge is -2.33. The Bertz CT molecular complexity index is 1990. The van der Waals surface area contributed by atoms with Crippen LogP contribution >= 0.6 is 0 Å². The van der Waals surface area contributed by atoms with Crippen LogP contribution < -0.4 is 9.47 Å². The molecule has 2 unspecified atom stereocenters. The Kier molecular flexibility index (Phi) is 6.96. The van der Waals surface area contributed by atoms with Crippen molar-refractivity contribution in [2.24, 2.45) is 0 Å². The van der Waals surface area contributed by atoms with Crippen LogP contribution in [0.15, 0.2) is 48.7 Å². The SMILES string of the molecule is Cc1nc(-c2cc3nc(CN4CCC(c5cccc6c5OC(C)(c5ccc(C#N)cc5F)O6)CC4)n(CC4CCO4)c3cn2)n[nH]1. The third kappa shape index (κ3) is 5.05. The van der Waals surface area contributed by atoms with E-state index in [-0.39, 0.29) is 23.1 Å². The fourth-order valence-electron chi connectivity index (χ4n) is 6.74. The van der Waals surface area contributed by atoms with Crippen LogP contribution in [0.2, 0.25) is 0 Å². The minimum atomic E-state index is -1.32. The van der Waals surface area contributed by atoms with Gasteiger partial charge < -0.3 is 18.8 Å². The molecule has 12 heteroatoms. The van der Waals surface area contributed by atoms with E-state index in [1.165, 1.54) is 6.07 Å². The van der Waals surface area contributed by atoms with Gasteiger partial charge in [0, 0.05) is 19.1 Å². The van der Waals surface area contributed by atoms with Gasteiger partial charge >= 0.3 is 0 Å². The number of aromatic amines is 1. The Morgan fingerprint density at radius 3 is 2.67 bits per heavy atom. The van der Waals surface area contributed by atoms with Crippen LogP contribution in [0.4, 0.5) is 4.39 Å². The predicted molar refractivity (Wildman–Crippen MR) is 165 cm³/mol. The minimum absolute atomic E-state index is 0.183. The summed E-state index contributed by atoms with van der Waals surface area (Å²) in [6.07, 6.45) is 4.96. The summed E-state index contributed by atoms with van der Waals surface area (Å²) in [4.78, 5) is 16.6. The zero-order valence-corrected chi connectivity index (χ0v) is 25.7. The molecule has 0 radical (unpaired) electrons. The van der Waals surface area contributed by atoms with Crippen molar-refractivity contribution >= 4 is 11.0 Å². The second kappa shape index (κ2) is 11.2. The number of aryl methyl sites for hydroxylation is 1. The number of nitriles is 1. The van der Waals surface area contributed by atoms with Crippen molar-refractivity contribution in [2.45, 2.75) is 64.0 Å². The van der Waals surface area contributed by atoms with Crippen molar-refractivity contribution in [1.29, 1.82) is 5.26 Å². The number of benzene rings is 2. The quantitative estimate of drug-likeness (QED) is 0.256. The summed E-state index contributed by atoms with van der Waals surface area (Å²) in [5.41, 5.74) is 4.13. The van der Waals surface area contributed by atoms with Gasteiger partial charge in [-0.2, -0.15) is 10.4 Å². The maximum absolute atomic E-state index is 15.0. The number of nitrogens with one attached hydrogen (secondary N) is 1. The number of pyridine rings is 1. The van der Waals surface area contributed by atoms with E-state index in [1.807, 2.05) is 37.4 Å². The molecule has 6 heterocycles. The highest BCUT2D eigenvalue weighted by atomic mass is 19.1. The summed E-state index contributed by atoms with van der Waals surface area (Å²) in [5.74, 6) is 1.98. The van der Waals surface area contributed by atoms with Gasteiger partial charge in [0.2, 0.25) is 0 Å². The average Bonchev–Trinajstić information content (AvgIpc) is 3.73. The maximum atomic E-state index is 15.0. The second-order valence-electron chi connectivity index (χ2n) is 12.4. The number of likely N-dealkylation sites (tertiary alicyclic amines) is 1. The van der Waals surface area contributed by atoms with Crippen LogP contribution in [0, 0.1) is 24.1 Å². The lowest BCUT2D eigenvalue weighted by molar-refractivity contribution is -0.0712. The fourth-order valence-corrected chi connectivity index (χ4v) is 6.74. The molecule has 2 fully saturated rings. The van der Waals surface area contributed by atoms with E-state index in [9.17, 15) is 4.39 Å². The number of halogens is 1. The molecule has 3 aliphatic rings. The number of nitrogens with zero attached hydrogens (tertiary/aromatic N) is 7. The number of para-hydroxylation sites is 1. The number of rotatable bonds is 7. The summed E-state index contributed by atoms with van der Waals surface area (Å²) in [6.45, 7) is 7.62. The largest absolute Gasteiger partial charge is 0.444 e. The van der Waals surface area contributed by atoms with Crippen LogP contribution in [0.25, 0.3) is 22.6 Å². The lowest BCUT2D eigenvalue weighted by Crippen LogP contribution is -2.35. The normalized spacial score (nSPS) is 21.4. The van der Waals surface area contributed by atoms with Gasteiger partial charge in [-0.1, -0.05) is 12.1 Å². The Labute approximate surface area is 265 Å². The number of imidazole rings is 1. The second-order valence-corrected chi connectivity index (χ2v) is 12.4. The van der Waals surface area contributed by atoms with E-state index in [0.717, 1.165) is 73.7 Å². The first-order valence-corrected chi connectivity index (χ1v) is 15.7. The summed E-state index contributed by atoms with van der Waals surface area (Å²) >= 11 is 0. The number of aromatic nitrogens is 6. The highest BCUT2D eigenvalue weighted by molar-refractivity contribution is 5.78. The number of hydrogen-bond donors (Lipinski definition) is 1. The maximum Gasteiger partial charge on any atom is 0.278 e. The van der Waals surface area contributed by atoms with Gasteiger partial charge in [0.15, 0.2) is 17.3 Å². The molecule has 1 N–H and O–H groups in total. The van der Waals surface area contributed by atoms with Crippen LogP contribution in [0.5, 0.6) is 11.5 Å². The first kappa shape index (κ1) is 28.6. The average molecular weight is 621 g/mol. The molecule has 8 rings (SSSR count). The Balaban J connectivity index is 0.997. The highest BCUT2D eigenvalue weighted by Gasteiger charge is 2.43. The molecule has 0 amide bonds. The molecule has 0 saturated carbocycles. The number of ether oxygens (including phenoxy) is 3. The van der Waals surface area contributed by atoms with E-state index >= 15 is 0 Å². The van der Waals surface area contributed by atoms with Crippen molar-refractivity contribution in [3.8, 4) is 29.1 Å². The Morgan fingerprint density at radius 2 is 1.96 bits per heavy atom. The highest BCUT2D eigenvalue weighted by Crippen LogP contribution is 2.49. The molecule has 5 aromatic rings. The lowest BCUT2D eigenvalue weighted by atomic mass is 9.88. The van der Waals surface area contributed by atoms with Gasteiger partial charge in [-0.05, 0) is 75.5 Å². The summed E-state index contributed by atoms with van der Waals surface area (Å²) in [7, 11) is 0. The molecule has 2 aromatic carbocycles. The molecule has 46 heavy (non-hydrogen) atoms. The molecular weight excluding hydrogens is 587 g/mol. The van der Waals surface area contributed by atoms with Crippen LogP contribution in [-0.4, -0.2) is 60.4 Å². The topological polar surface area (TPSA) is 127 Å². The molecule has 2 saturated heterocycles. The van der Waals surface area contributed by atoms with E-state index in [4.69, 9.17) is 24.5 Å². The first-order chi connectivity index (χ1) is 22.4. The minimum Gasteiger partial charge on any atom is -0.444 e. The Morgan fingerprint density at radius 1 is 1.11 bits per heavy atom. The van der Waals surface area contributed by atoms with Gasteiger partial charge in [0.25, 0.3) is 5.79 Å². The van der Waals surface area contributed by atoms with Gasteiger partial charge in [-0.25, -0.2) is 14.4 Å². The van der Waals surface area contributed by atoms with E-state index in [1.54, 1.807) is 19.1 Å².